The average Bonchev–Trinajstić information content (AvgIpc) is 3.10. The molecule has 1 fully saturated rings. The molecule has 2 aromatic carbocycles. The van der Waals surface area contributed by atoms with E-state index in [9.17, 15) is 0 Å². The second-order valence-electron chi connectivity index (χ2n) is 10.3. The molecular formula is C23H32Ge2O. The van der Waals surface area contributed by atoms with Gasteiger partial charge >= 0.3 is 165 Å². The van der Waals surface area contributed by atoms with Gasteiger partial charge < -0.3 is 0 Å². The molecule has 4 unspecified atom stereocenters. The Balaban J connectivity index is 1.95. The second kappa shape index (κ2) is 6.25. The zero-order valence-electron chi connectivity index (χ0n) is 17.3. The van der Waals surface area contributed by atoms with Crippen LogP contribution in [0.4, 0.5) is 0 Å². The molecule has 2 aliphatic rings. The Morgan fingerprint density at radius 2 is 1.38 bits per heavy atom. The van der Waals surface area contributed by atoms with Gasteiger partial charge in [0.25, 0.3) is 0 Å². The minimum absolute atomic E-state index is 0.260. The zero-order valence-corrected chi connectivity index (χ0v) is 21.5. The van der Waals surface area contributed by atoms with Crippen molar-refractivity contribution in [3.8, 4) is 0 Å². The van der Waals surface area contributed by atoms with Gasteiger partial charge in [-0.1, -0.05) is 0 Å². The van der Waals surface area contributed by atoms with Crippen LogP contribution in [0.1, 0.15) is 40.4 Å². The first-order chi connectivity index (χ1) is 12.1. The van der Waals surface area contributed by atoms with Gasteiger partial charge in [0.2, 0.25) is 0 Å². The summed E-state index contributed by atoms with van der Waals surface area (Å²) in [7, 11) is 0. The standard InChI is InChI=1S/C23H32Ge2O/c1-15-11-10-14-18(24(2,3)4)19(15)20-21(25(5,6)7)23-17-13-9-8-12-16(17)22(20)26-23/h8-14,20-23H,1-7H3. The van der Waals surface area contributed by atoms with Gasteiger partial charge in [-0.2, -0.15) is 0 Å². The predicted octanol–water partition coefficient (Wildman–Crippen LogP) is 6.16. The molecule has 0 amide bonds. The van der Waals surface area contributed by atoms with Crippen LogP contribution in [0.5, 0.6) is 0 Å². The zero-order chi connectivity index (χ0) is 18.9. The van der Waals surface area contributed by atoms with Crippen molar-refractivity contribution >= 4 is 30.9 Å². The molecule has 0 spiro atoms. The summed E-state index contributed by atoms with van der Waals surface area (Å²) in [4.78, 5) is 0. The fourth-order valence-corrected chi connectivity index (χ4v) is 14.5. The second-order valence-corrected chi connectivity index (χ2v) is 32.2. The van der Waals surface area contributed by atoms with Crippen molar-refractivity contribution < 1.29 is 4.74 Å². The topological polar surface area (TPSA) is 9.23 Å². The van der Waals surface area contributed by atoms with Crippen LogP contribution in [-0.4, -0.2) is 26.5 Å². The molecule has 1 saturated heterocycles. The third kappa shape index (κ3) is 2.86. The van der Waals surface area contributed by atoms with Gasteiger partial charge in [-0.3, -0.25) is 0 Å². The SMILES string of the molecule is Cc1ccc[c]([Ge]([CH3])([CH3])[CH3])c1C1C2OC(c3ccccc32)[CH]1[Ge]([CH3])([CH3])[CH3]. The van der Waals surface area contributed by atoms with Gasteiger partial charge in [0.05, 0.1) is 0 Å². The van der Waals surface area contributed by atoms with Gasteiger partial charge in [0.15, 0.2) is 0 Å². The van der Waals surface area contributed by atoms with E-state index in [4.69, 9.17) is 4.74 Å². The van der Waals surface area contributed by atoms with Crippen LogP contribution in [0.3, 0.4) is 0 Å². The van der Waals surface area contributed by atoms with Gasteiger partial charge in [-0.25, -0.2) is 0 Å². The number of hydrogen-bond acceptors (Lipinski definition) is 1. The first-order valence-electron chi connectivity index (χ1n) is 9.95. The van der Waals surface area contributed by atoms with Crippen molar-refractivity contribution in [1.29, 1.82) is 0 Å². The quantitative estimate of drug-likeness (QED) is 0.489. The van der Waals surface area contributed by atoms with E-state index in [1.807, 2.05) is 0 Å². The van der Waals surface area contributed by atoms with E-state index < -0.39 is 26.5 Å². The molecule has 2 bridgehead atoms. The van der Waals surface area contributed by atoms with Gasteiger partial charge in [-0.15, -0.1) is 0 Å². The number of rotatable bonds is 3. The van der Waals surface area contributed by atoms with Crippen molar-refractivity contribution in [1.82, 2.24) is 0 Å². The molecule has 4 atom stereocenters. The summed E-state index contributed by atoms with van der Waals surface area (Å²) >= 11 is -3.93. The van der Waals surface area contributed by atoms with Crippen LogP contribution >= 0.6 is 0 Å². The molecule has 3 heteroatoms. The van der Waals surface area contributed by atoms with Gasteiger partial charge in [0, 0.05) is 0 Å². The van der Waals surface area contributed by atoms with Crippen molar-refractivity contribution in [3.05, 3.63) is 64.7 Å². The number of aryl methyl sites for hydroxylation is 1. The molecule has 138 valence electrons. The maximum atomic E-state index is 6.74. The summed E-state index contributed by atoms with van der Waals surface area (Å²) in [6, 6.07) is 16.1. The monoisotopic (exact) mass is 472 g/mol. The first kappa shape index (κ1) is 18.8. The number of ether oxygens (including phenoxy) is 1. The Bertz CT molecular complexity index is 844. The Morgan fingerprint density at radius 1 is 0.769 bits per heavy atom. The Morgan fingerprint density at radius 3 is 1.96 bits per heavy atom. The average molecular weight is 470 g/mol. The Kier molecular flexibility index (Phi) is 4.53. The number of fused-ring (bicyclic) bond motifs is 5. The summed E-state index contributed by atoms with van der Waals surface area (Å²) in [6.07, 6.45) is 0.580. The molecule has 26 heavy (non-hydrogen) atoms. The number of benzene rings is 2. The molecule has 4 rings (SSSR count). The van der Waals surface area contributed by atoms with Gasteiger partial charge in [-0.05, 0) is 0 Å². The fourth-order valence-electron chi connectivity index (χ4n) is 5.37. The van der Waals surface area contributed by atoms with Crippen LogP contribution in [0.2, 0.25) is 39.3 Å². The first-order valence-corrected chi connectivity index (χ1v) is 24.8. The van der Waals surface area contributed by atoms with Crippen molar-refractivity contribution in [3.63, 3.8) is 0 Å². The van der Waals surface area contributed by atoms with E-state index in [1.54, 1.807) is 9.96 Å². The third-order valence-electron chi connectivity index (χ3n) is 6.41. The van der Waals surface area contributed by atoms with E-state index in [-0.39, 0.29) is 6.10 Å². The Hall–Kier alpha value is -0.514. The van der Waals surface area contributed by atoms with Crippen LogP contribution in [0, 0.1) is 6.92 Å². The predicted molar refractivity (Wildman–Crippen MR) is 117 cm³/mol. The molecule has 2 aromatic rings. The molecular weight excluding hydrogens is 437 g/mol. The molecule has 2 heterocycles. The molecule has 1 nitrogen and oxygen atoms in total. The minimum atomic E-state index is -1.97. The molecule has 0 N–H and O–H groups in total. The van der Waals surface area contributed by atoms with Crippen LogP contribution in [-0.2, 0) is 4.74 Å². The molecule has 2 aliphatic heterocycles. The van der Waals surface area contributed by atoms with Gasteiger partial charge in [0.1, 0.15) is 0 Å². The summed E-state index contributed by atoms with van der Waals surface area (Å²) in [6.45, 7) is 2.33. The fraction of sp³-hybridized carbons (Fsp3) is 0.478. The van der Waals surface area contributed by atoms with Crippen LogP contribution in [0.25, 0.3) is 0 Å². The van der Waals surface area contributed by atoms with Crippen molar-refractivity contribution in [2.75, 3.05) is 0 Å². The van der Waals surface area contributed by atoms with Crippen LogP contribution in [0.15, 0.2) is 42.5 Å². The third-order valence-corrected chi connectivity index (χ3v) is 16.3. The summed E-state index contributed by atoms with van der Waals surface area (Å²) in [5, 5.41) is 0. The normalized spacial score (nSPS) is 27.7. The molecule has 0 aliphatic carbocycles. The number of hydrogen-bond donors (Lipinski definition) is 0. The van der Waals surface area contributed by atoms with E-state index in [0.29, 0.717) is 16.8 Å². The van der Waals surface area contributed by atoms with E-state index in [1.165, 1.54) is 16.7 Å². The molecule has 0 radical (unpaired) electrons. The Labute approximate surface area is 164 Å². The molecule has 0 saturated carbocycles. The van der Waals surface area contributed by atoms with E-state index in [0.717, 1.165) is 0 Å². The van der Waals surface area contributed by atoms with Crippen molar-refractivity contribution in [2.24, 2.45) is 0 Å². The summed E-state index contributed by atoms with van der Waals surface area (Å²) < 4.78 is 9.14. The van der Waals surface area contributed by atoms with E-state index in [2.05, 4.69) is 83.9 Å². The van der Waals surface area contributed by atoms with Crippen LogP contribution < -0.4 is 4.40 Å². The maximum absolute atomic E-state index is 6.74. The van der Waals surface area contributed by atoms with E-state index >= 15 is 0 Å². The summed E-state index contributed by atoms with van der Waals surface area (Å²) in [5.41, 5.74) is 6.08. The molecule has 0 aromatic heterocycles. The van der Waals surface area contributed by atoms with Crippen molar-refractivity contribution in [2.45, 2.75) is 64.3 Å². The summed E-state index contributed by atoms with van der Waals surface area (Å²) in [5.74, 6) is 15.9.